The molecule has 1 N–H and O–H groups in total. The highest BCUT2D eigenvalue weighted by molar-refractivity contribution is 6.06. The Morgan fingerprint density at radius 3 is 2.63 bits per heavy atom. The number of hydrogen-bond acceptors (Lipinski definition) is 4. The molecule has 27 heavy (non-hydrogen) atoms. The van der Waals surface area contributed by atoms with Crippen LogP contribution in [0.4, 0.5) is 11.4 Å². The van der Waals surface area contributed by atoms with E-state index in [4.69, 9.17) is 4.74 Å². The lowest BCUT2D eigenvalue weighted by Gasteiger charge is -2.35. The molecule has 144 valence electrons. The summed E-state index contributed by atoms with van der Waals surface area (Å²) in [6.07, 6.45) is 2.10. The summed E-state index contributed by atoms with van der Waals surface area (Å²) in [5.74, 6) is 0.626. The predicted octanol–water partition coefficient (Wildman–Crippen LogP) is 3.87. The van der Waals surface area contributed by atoms with E-state index in [-0.39, 0.29) is 5.91 Å². The number of unbranched alkanes of at least 4 members (excludes halogenated alkanes) is 1. The van der Waals surface area contributed by atoms with Crippen LogP contribution < -0.4 is 15.0 Å². The number of ether oxygens (including phenoxy) is 1. The van der Waals surface area contributed by atoms with Crippen LogP contribution in [0.1, 0.15) is 30.1 Å². The molecule has 5 heteroatoms. The van der Waals surface area contributed by atoms with Crippen LogP contribution in [0.3, 0.4) is 0 Å². The van der Waals surface area contributed by atoms with Crippen LogP contribution in [0.5, 0.6) is 5.75 Å². The summed E-state index contributed by atoms with van der Waals surface area (Å²) in [5, 5.41) is 3.08. The van der Waals surface area contributed by atoms with Gasteiger partial charge in [-0.25, -0.2) is 0 Å². The first-order valence-electron chi connectivity index (χ1n) is 9.74. The van der Waals surface area contributed by atoms with Gasteiger partial charge in [0.15, 0.2) is 0 Å². The van der Waals surface area contributed by atoms with E-state index >= 15 is 0 Å². The molecule has 2 aromatic carbocycles. The molecule has 0 saturated carbocycles. The minimum absolute atomic E-state index is 0.113. The van der Waals surface area contributed by atoms with E-state index in [2.05, 4.69) is 35.2 Å². The lowest BCUT2D eigenvalue weighted by atomic mass is 10.1. The Kier molecular flexibility index (Phi) is 6.71. The zero-order valence-electron chi connectivity index (χ0n) is 16.3. The molecule has 0 radical (unpaired) electrons. The molecule has 1 saturated heterocycles. The van der Waals surface area contributed by atoms with Gasteiger partial charge in [0.1, 0.15) is 5.75 Å². The van der Waals surface area contributed by atoms with Gasteiger partial charge in [0.25, 0.3) is 5.91 Å². The van der Waals surface area contributed by atoms with Gasteiger partial charge in [-0.3, -0.25) is 4.79 Å². The lowest BCUT2D eigenvalue weighted by Crippen LogP contribution is -2.44. The fourth-order valence-electron chi connectivity index (χ4n) is 3.16. The average Bonchev–Trinajstić information content (AvgIpc) is 2.70. The monoisotopic (exact) mass is 367 g/mol. The van der Waals surface area contributed by atoms with Crippen molar-refractivity contribution in [2.75, 3.05) is 50.1 Å². The van der Waals surface area contributed by atoms with Crippen molar-refractivity contribution in [2.24, 2.45) is 0 Å². The van der Waals surface area contributed by atoms with Gasteiger partial charge < -0.3 is 19.9 Å². The number of para-hydroxylation sites is 2. The van der Waals surface area contributed by atoms with Gasteiger partial charge in [0, 0.05) is 31.7 Å². The van der Waals surface area contributed by atoms with Crippen LogP contribution in [0, 0.1) is 0 Å². The van der Waals surface area contributed by atoms with Crippen LogP contribution in [0.25, 0.3) is 0 Å². The molecular weight excluding hydrogens is 338 g/mol. The number of anilines is 2. The van der Waals surface area contributed by atoms with Crippen molar-refractivity contribution in [2.45, 2.75) is 19.8 Å². The van der Waals surface area contributed by atoms with E-state index in [1.54, 1.807) is 0 Å². The highest BCUT2D eigenvalue weighted by atomic mass is 16.5. The van der Waals surface area contributed by atoms with E-state index in [1.807, 2.05) is 42.5 Å². The Hall–Kier alpha value is -2.53. The number of hydrogen-bond donors (Lipinski definition) is 1. The highest BCUT2D eigenvalue weighted by Crippen LogP contribution is 2.27. The molecule has 5 nitrogen and oxygen atoms in total. The molecule has 0 aliphatic carbocycles. The summed E-state index contributed by atoms with van der Waals surface area (Å²) in [5.41, 5.74) is 2.54. The molecule has 1 aliphatic heterocycles. The van der Waals surface area contributed by atoms with Crippen molar-refractivity contribution in [3.8, 4) is 5.75 Å². The normalized spacial score (nSPS) is 14.8. The third-order valence-electron chi connectivity index (χ3n) is 4.86. The number of benzene rings is 2. The first-order chi connectivity index (χ1) is 13.2. The lowest BCUT2D eigenvalue weighted by molar-refractivity contribution is 0.102. The summed E-state index contributed by atoms with van der Waals surface area (Å²) in [6, 6.07) is 15.4. The van der Waals surface area contributed by atoms with Crippen LogP contribution in [-0.2, 0) is 0 Å². The Morgan fingerprint density at radius 2 is 1.85 bits per heavy atom. The predicted molar refractivity (Wildman–Crippen MR) is 111 cm³/mol. The van der Waals surface area contributed by atoms with Crippen molar-refractivity contribution in [1.82, 2.24) is 4.90 Å². The van der Waals surface area contributed by atoms with Crippen LogP contribution in [0.15, 0.2) is 48.5 Å². The Balaban J connectivity index is 1.70. The number of rotatable bonds is 7. The molecule has 0 spiro atoms. The van der Waals surface area contributed by atoms with Gasteiger partial charge in [-0.05, 0) is 43.8 Å². The van der Waals surface area contributed by atoms with E-state index in [0.717, 1.165) is 56.1 Å². The standard InChI is InChI=1S/C22H29N3O2/c1-3-4-16-27-19-9-7-8-18(17-19)22(26)23-20-10-5-6-11-21(20)25-14-12-24(2)13-15-25/h5-11,17H,3-4,12-16H2,1-2H3,(H,23,26). The second-order valence-electron chi connectivity index (χ2n) is 6.99. The molecule has 3 rings (SSSR count). The topological polar surface area (TPSA) is 44.8 Å². The first-order valence-corrected chi connectivity index (χ1v) is 9.74. The number of piperazine rings is 1. The second kappa shape index (κ2) is 9.42. The van der Waals surface area contributed by atoms with Crippen molar-refractivity contribution in [3.05, 3.63) is 54.1 Å². The maximum atomic E-state index is 12.8. The van der Waals surface area contributed by atoms with Crippen LogP contribution in [-0.4, -0.2) is 50.6 Å². The van der Waals surface area contributed by atoms with Gasteiger partial charge >= 0.3 is 0 Å². The zero-order chi connectivity index (χ0) is 19.1. The quantitative estimate of drug-likeness (QED) is 0.755. The smallest absolute Gasteiger partial charge is 0.255 e. The Labute approximate surface area is 161 Å². The van der Waals surface area contributed by atoms with Crippen molar-refractivity contribution < 1.29 is 9.53 Å². The molecule has 0 aromatic heterocycles. The van der Waals surface area contributed by atoms with E-state index in [1.165, 1.54) is 0 Å². The fourth-order valence-corrected chi connectivity index (χ4v) is 3.16. The SMILES string of the molecule is CCCCOc1cccc(C(=O)Nc2ccccc2N2CCN(C)CC2)c1. The van der Waals surface area contributed by atoms with Crippen LogP contribution in [0.2, 0.25) is 0 Å². The van der Waals surface area contributed by atoms with Crippen molar-refractivity contribution in [3.63, 3.8) is 0 Å². The van der Waals surface area contributed by atoms with Crippen molar-refractivity contribution >= 4 is 17.3 Å². The molecule has 0 bridgehead atoms. The van der Waals surface area contributed by atoms with Crippen LogP contribution >= 0.6 is 0 Å². The minimum Gasteiger partial charge on any atom is -0.494 e. The third-order valence-corrected chi connectivity index (χ3v) is 4.86. The van der Waals surface area contributed by atoms with Gasteiger partial charge in [-0.15, -0.1) is 0 Å². The third kappa shape index (κ3) is 5.23. The number of carbonyl (C=O) groups is 1. The zero-order valence-corrected chi connectivity index (χ0v) is 16.3. The molecule has 1 aliphatic rings. The molecular formula is C22H29N3O2. The Bertz CT molecular complexity index is 755. The molecule has 2 aromatic rings. The number of likely N-dealkylation sites (N-methyl/N-ethyl adjacent to an activating group) is 1. The summed E-state index contributed by atoms with van der Waals surface area (Å²) < 4.78 is 5.72. The van der Waals surface area contributed by atoms with E-state index in [0.29, 0.717) is 12.2 Å². The summed E-state index contributed by atoms with van der Waals surface area (Å²) in [4.78, 5) is 17.4. The van der Waals surface area contributed by atoms with Gasteiger partial charge in [0.05, 0.1) is 18.0 Å². The van der Waals surface area contributed by atoms with Crippen molar-refractivity contribution in [1.29, 1.82) is 0 Å². The Morgan fingerprint density at radius 1 is 1.07 bits per heavy atom. The van der Waals surface area contributed by atoms with E-state index < -0.39 is 0 Å². The minimum atomic E-state index is -0.113. The van der Waals surface area contributed by atoms with Gasteiger partial charge in [-0.1, -0.05) is 31.5 Å². The summed E-state index contributed by atoms with van der Waals surface area (Å²) in [7, 11) is 2.14. The molecule has 0 unspecified atom stereocenters. The highest BCUT2D eigenvalue weighted by Gasteiger charge is 2.18. The molecule has 0 atom stereocenters. The van der Waals surface area contributed by atoms with Gasteiger partial charge in [-0.2, -0.15) is 0 Å². The van der Waals surface area contributed by atoms with E-state index in [9.17, 15) is 4.79 Å². The maximum absolute atomic E-state index is 12.8. The largest absolute Gasteiger partial charge is 0.494 e. The first kappa shape index (κ1) is 19.2. The number of amides is 1. The average molecular weight is 367 g/mol. The number of nitrogens with zero attached hydrogens (tertiary/aromatic N) is 2. The maximum Gasteiger partial charge on any atom is 0.255 e. The molecule has 1 amide bonds. The van der Waals surface area contributed by atoms with Gasteiger partial charge in [0.2, 0.25) is 0 Å². The second-order valence-corrected chi connectivity index (χ2v) is 6.99. The number of carbonyl (C=O) groups excluding carboxylic acids is 1. The summed E-state index contributed by atoms with van der Waals surface area (Å²) in [6.45, 7) is 6.78. The number of nitrogens with one attached hydrogen (secondary N) is 1. The molecule has 1 heterocycles. The summed E-state index contributed by atoms with van der Waals surface area (Å²) >= 11 is 0. The molecule has 1 fully saturated rings. The fraction of sp³-hybridized carbons (Fsp3) is 0.409.